The van der Waals surface area contributed by atoms with Gasteiger partial charge in [0.2, 0.25) is 0 Å². The number of rotatable bonds is 8. The molecule has 0 unspecified atom stereocenters. The highest BCUT2D eigenvalue weighted by atomic mass is 32.2. The largest absolute Gasteiger partial charge is 0.344 e. The van der Waals surface area contributed by atoms with E-state index in [1.165, 1.54) is 22.2 Å². The lowest BCUT2D eigenvalue weighted by atomic mass is 10.2. The highest BCUT2D eigenvalue weighted by Gasteiger charge is 2.18. The summed E-state index contributed by atoms with van der Waals surface area (Å²) in [6.07, 6.45) is 0.760. The number of thiophene rings is 1. The third-order valence-corrected chi connectivity index (χ3v) is 7.12. The first-order valence-electron chi connectivity index (χ1n) is 9.80. The second kappa shape index (κ2) is 9.02. The third-order valence-electron chi connectivity index (χ3n) is 5.23. The van der Waals surface area contributed by atoms with E-state index in [9.17, 15) is 4.79 Å². The van der Waals surface area contributed by atoms with Crippen molar-refractivity contribution in [2.45, 2.75) is 32.0 Å². The summed E-state index contributed by atoms with van der Waals surface area (Å²) in [4.78, 5) is 14.2. The van der Waals surface area contributed by atoms with Crippen LogP contribution < -0.4 is 0 Å². The van der Waals surface area contributed by atoms with Gasteiger partial charge in [-0.15, -0.1) is 21.5 Å². The van der Waals surface area contributed by atoms with Gasteiger partial charge in [0.25, 0.3) is 0 Å². The smallest absolute Gasteiger partial charge is 0.191 e. The first-order valence-corrected chi connectivity index (χ1v) is 11.7. The minimum atomic E-state index is 0.121. The minimum Gasteiger partial charge on any atom is -0.344 e. The molecule has 4 rings (SSSR count). The molecule has 3 heterocycles. The topological polar surface area (TPSA) is 52.7 Å². The van der Waals surface area contributed by atoms with Gasteiger partial charge in [-0.1, -0.05) is 48.2 Å². The van der Waals surface area contributed by atoms with E-state index in [0.717, 1.165) is 40.9 Å². The number of Topliss-reactive ketones (excluding diaryl/α,β-unsaturated/α-hetero) is 1. The molecule has 0 aliphatic rings. The maximum Gasteiger partial charge on any atom is 0.191 e. The summed E-state index contributed by atoms with van der Waals surface area (Å²) >= 11 is 3.16. The van der Waals surface area contributed by atoms with Gasteiger partial charge in [0, 0.05) is 41.8 Å². The predicted octanol–water partition coefficient (Wildman–Crippen LogP) is 4.91. The number of ketones is 1. The van der Waals surface area contributed by atoms with Crippen molar-refractivity contribution in [1.82, 2.24) is 19.3 Å². The number of nitrogens with zero attached hydrogens (tertiary/aromatic N) is 4. The molecule has 5 nitrogen and oxygen atoms in total. The van der Waals surface area contributed by atoms with Crippen molar-refractivity contribution in [3.63, 3.8) is 0 Å². The van der Waals surface area contributed by atoms with Crippen molar-refractivity contribution < 1.29 is 4.79 Å². The van der Waals surface area contributed by atoms with Crippen LogP contribution in [0.15, 0.2) is 59.1 Å². The van der Waals surface area contributed by atoms with Crippen molar-refractivity contribution >= 4 is 28.9 Å². The summed E-state index contributed by atoms with van der Waals surface area (Å²) in [5.74, 6) is 1.38. The Hall–Kier alpha value is -2.64. The van der Waals surface area contributed by atoms with Crippen molar-refractivity contribution in [3.8, 4) is 0 Å². The molecular formula is C23H24N4OS2. The fourth-order valence-corrected chi connectivity index (χ4v) is 5.01. The molecule has 0 atom stereocenters. The number of hydrogen-bond acceptors (Lipinski definition) is 5. The van der Waals surface area contributed by atoms with Gasteiger partial charge in [0.1, 0.15) is 5.82 Å². The summed E-state index contributed by atoms with van der Waals surface area (Å²) in [5.41, 5.74) is 4.13. The number of carbonyl (C=O) groups excluding carboxylic acids is 1. The molecule has 1 aromatic carbocycles. The van der Waals surface area contributed by atoms with Crippen LogP contribution in [-0.4, -0.2) is 30.9 Å². The Balaban J connectivity index is 1.43. The molecule has 0 N–H and O–H groups in total. The van der Waals surface area contributed by atoms with Gasteiger partial charge in [-0.05, 0) is 36.9 Å². The Labute approximate surface area is 184 Å². The molecule has 4 aromatic rings. The highest BCUT2D eigenvalue weighted by Crippen LogP contribution is 2.23. The standard InChI is InChI=1S/C23H24N4OS2/c1-16-12-20(17(2)27(16)14-18-8-5-4-6-9-18)21(28)15-30-23-25-24-22(26(23)3)13-19-10-7-11-29-19/h4-12H,13-15H2,1-3H3. The second-order valence-corrected chi connectivity index (χ2v) is 9.26. The van der Waals surface area contributed by atoms with E-state index in [1.54, 1.807) is 11.3 Å². The van der Waals surface area contributed by atoms with Crippen molar-refractivity contribution in [3.05, 3.63) is 87.1 Å². The molecular weight excluding hydrogens is 412 g/mol. The summed E-state index contributed by atoms with van der Waals surface area (Å²) in [7, 11) is 1.96. The van der Waals surface area contributed by atoms with Crippen LogP contribution in [0.25, 0.3) is 0 Å². The Kier molecular flexibility index (Phi) is 6.20. The van der Waals surface area contributed by atoms with Crippen LogP contribution in [0.4, 0.5) is 0 Å². The van der Waals surface area contributed by atoms with Gasteiger partial charge in [-0.2, -0.15) is 0 Å². The van der Waals surface area contributed by atoms with E-state index < -0.39 is 0 Å². The summed E-state index contributed by atoms with van der Waals surface area (Å²) in [6, 6.07) is 16.5. The SMILES string of the molecule is Cc1cc(C(=O)CSc2nnc(Cc3cccs3)n2C)c(C)n1Cc1ccccc1. The van der Waals surface area contributed by atoms with Gasteiger partial charge >= 0.3 is 0 Å². The van der Waals surface area contributed by atoms with Crippen LogP contribution >= 0.6 is 23.1 Å². The van der Waals surface area contributed by atoms with E-state index in [1.807, 2.05) is 48.9 Å². The second-order valence-electron chi connectivity index (χ2n) is 7.28. The first-order chi connectivity index (χ1) is 14.5. The maximum absolute atomic E-state index is 12.9. The van der Waals surface area contributed by atoms with E-state index in [2.05, 4.69) is 45.3 Å². The third kappa shape index (κ3) is 4.42. The number of aryl methyl sites for hydroxylation is 1. The molecule has 0 radical (unpaired) electrons. The predicted molar refractivity (Wildman–Crippen MR) is 123 cm³/mol. The minimum absolute atomic E-state index is 0.121. The summed E-state index contributed by atoms with van der Waals surface area (Å²) in [5, 5.41) is 11.4. The zero-order valence-electron chi connectivity index (χ0n) is 17.3. The van der Waals surface area contributed by atoms with E-state index in [0.29, 0.717) is 5.75 Å². The lowest BCUT2D eigenvalue weighted by Crippen LogP contribution is -2.08. The van der Waals surface area contributed by atoms with Crippen molar-refractivity contribution in [2.24, 2.45) is 7.05 Å². The fraction of sp³-hybridized carbons (Fsp3) is 0.261. The zero-order chi connectivity index (χ0) is 21.1. The normalized spacial score (nSPS) is 11.2. The van der Waals surface area contributed by atoms with Crippen LogP contribution in [0.3, 0.4) is 0 Å². The number of carbonyl (C=O) groups is 1. The van der Waals surface area contributed by atoms with E-state index in [4.69, 9.17) is 0 Å². The highest BCUT2D eigenvalue weighted by molar-refractivity contribution is 7.99. The molecule has 0 aliphatic carbocycles. The number of benzene rings is 1. The van der Waals surface area contributed by atoms with Crippen molar-refractivity contribution in [2.75, 3.05) is 5.75 Å². The average molecular weight is 437 g/mol. The van der Waals surface area contributed by atoms with Crippen molar-refractivity contribution in [1.29, 1.82) is 0 Å². The maximum atomic E-state index is 12.9. The van der Waals surface area contributed by atoms with Gasteiger partial charge in [0.15, 0.2) is 10.9 Å². The Morgan fingerprint density at radius 2 is 1.90 bits per heavy atom. The summed E-state index contributed by atoms with van der Waals surface area (Å²) < 4.78 is 4.19. The number of aromatic nitrogens is 4. The average Bonchev–Trinajstić information content (AvgIpc) is 3.45. The molecule has 3 aromatic heterocycles. The molecule has 0 bridgehead atoms. The molecule has 0 saturated carbocycles. The first kappa shape index (κ1) is 20.6. The Morgan fingerprint density at radius 1 is 1.10 bits per heavy atom. The van der Waals surface area contributed by atoms with Crippen LogP contribution in [0, 0.1) is 13.8 Å². The fourth-order valence-electron chi connectivity index (χ4n) is 3.49. The van der Waals surface area contributed by atoms with Crippen LogP contribution in [0.5, 0.6) is 0 Å². The molecule has 0 fully saturated rings. The van der Waals surface area contributed by atoms with Gasteiger partial charge in [-0.25, -0.2) is 0 Å². The van der Waals surface area contributed by atoms with E-state index >= 15 is 0 Å². The Bertz CT molecular complexity index is 1140. The zero-order valence-corrected chi connectivity index (χ0v) is 19.0. The molecule has 154 valence electrons. The summed E-state index contributed by atoms with van der Waals surface area (Å²) in [6.45, 7) is 4.85. The van der Waals surface area contributed by atoms with Crippen LogP contribution in [0.1, 0.15) is 38.0 Å². The monoisotopic (exact) mass is 436 g/mol. The van der Waals surface area contributed by atoms with Crippen LogP contribution in [-0.2, 0) is 20.0 Å². The van der Waals surface area contributed by atoms with Gasteiger partial charge < -0.3 is 9.13 Å². The molecule has 0 spiro atoms. The van der Waals surface area contributed by atoms with Gasteiger partial charge in [0.05, 0.1) is 5.75 Å². The molecule has 30 heavy (non-hydrogen) atoms. The number of thioether (sulfide) groups is 1. The number of hydrogen-bond donors (Lipinski definition) is 0. The quantitative estimate of drug-likeness (QED) is 0.291. The molecule has 0 saturated heterocycles. The Morgan fingerprint density at radius 3 is 2.63 bits per heavy atom. The van der Waals surface area contributed by atoms with E-state index in [-0.39, 0.29) is 5.78 Å². The lowest BCUT2D eigenvalue weighted by molar-refractivity contribution is 0.102. The lowest BCUT2D eigenvalue weighted by Gasteiger charge is -2.10. The van der Waals surface area contributed by atoms with Gasteiger partial charge in [-0.3, -0.25) is 4.79 Å². The molecule has 0 aliphatic heterocycles. The van der Waals surface area contributed by atoms with Crippen LogP contribution in [0.2, 0.25) is 0 Å². The molecule has 7 heteroatoms. The molecule has 0 amide bonds.